The molecule has 1 aromatic heterocycles. The fourth-order valence-electron chi connectivity index (χ4n) is 3.93. The number of rotatable bonds is 4. The van der Waals surface area contributed by atoms with Crippen molar-refractivity contribution in [3.63, 3.8) is 0 Å². The van der Waals surface area contributed by atoms with E-state index in [1.807, 2.05) is 31.3 Å². The van der Waals surface area contributed by atoms with Crippen LogP contribution in [0.25, 0.3) is 0 Å². The van der Waals surface area contributed by atoms with Crippen molar-refractivity contribution >= 4 is 17.5 Å². The lowest BCUT2D eigenvalue weighted by Gasteiger charge is -2.25. The first-order chi connectivity index (χ1) is 13.1. The molecule has 142 valence electrons. The summed E-state index contributed by atoms with van der Waals surface area (Å²) in [6, 6.07) is 5.69. The number of methoxy groups -OCH3 is 1. The fraction of sp³-hybridized carbons (Fsp3) is 0.476. The second-order valence-electron chi connectivity index (χ2n) is 7.45. The molecule has 0 saturated carbocycles. The van der Waals surface area contributed by atoms with E-state index in [4.69, 9.17) is 9.72 Å². The summed E-state index contributed by atoms with van der Waals surface area (Å²) in [6.45, 7) is 4.07. The Balaban J connectivity index is 1.43. The largest absolute Gasteiger partial charge is 0.497 e. The zero-order chi connectivity index (χ0) is 18.8. The van der Waals surface area contributed by atoms with Gasteiger partial charge in [0.25, 0.3) is 0 Å². The molecule has 2 heterocycles. The van der Waals surface area contributed by atoms with E-state index in [-0.39, 0.29) is 11.8 Å². The molecule has 27 heavy (non-hydrogen) atoms. The summed E-state index contributed by atoms with van der Waals surface area (Å²) in [5.74, 6) is 1.67. The molecule has 2 aliphatic rings. The van der Waals surface area contributed by atoms with E-state index in [0.717, 1.165) is 60.1 Å². The summed E-state index contributed by atoms with van der Waals surface area (Å²) in [7, 11) is 1.64. The Labute approximate surface area is 160 Å². The molecule has 0 unspecified atom stereocenters. The van der Waals surface area contributed by atoms with Crippen molar-refractivity contribution < 1.29 is 9.53 Å². The Kier molecular flexibility index (Phi) is 4.97. The third-order valence-corrected chi connectivity index (χ3v) is 5.59. The number of benzene rings is 1. The number of ether oxygens (including phenoxy) is 1. The molecule has 1 aromatic carbocycles. The minimum Gasteiger partial charge on any atom is -0.497 e. The smallest absolute Gasteiger partial charge is 0.227 e. The van der Waals surface area contributed by atoms with Crippen LogP contribution >= 0.6 is 0 Å². The van der Waals surface area contributed by atoms with Crippen LogP contribution in [0.2, 0.25) is 0 Å². The number of hydrogen-bond acceptors (Lipinski definition) is 5. The molecule has 1 atom stereocenters. The number of carbonyl (C=O) groups is 1. The number of nitrogens with one attached hydrogen (secondary N) is 1. The molecule has 0 radical (unpaired) electrons. The third-order valence-electron chi connectivity index (χ3n) is 5.59. The van der Waals surface area contributed by atoms with E-state index in [9.17, 15) is 4.79 Å². The Hall–Kier alpha value is -2.63. The minimum absolute atomic E-state index is 0.0414. The van der Waals surface area contributed by atoms with Crippen molar-refractivity contribution in [1.29, 1.82) is 0 Å². The van der Waals surface area contributed by atoms with Crippen molar-refractivity contribution in [2.24, 2.45) is 5.92 Å². The highest BCUT2D eigenvalue weighted by atomic mass is 16.5. The van der Waals surface area contributed by atoms with Gasteiger partial charge in [-0.3, -0.25) is 4.79 Å². The molecule has 1 amide bonds. The molecule has 4 rings (SSSR count). The Morgan fingerprint density at radius 1 is 1.30 bits per heavy atom. The van der Waals surface area contributed by atoms with Gasteiger partial charge in [-0.05, 0) is 68.4 Å². The normalized spacial score (nSPS) is 18.9. The summed E-state index contributed by atoms with van der Waals surface area (Å²) in [4.78, 5) is 24.4. The Bertz CT molecular complexity index is 846. The van der Waals surface area contributed by atoms with Gasteiger partial charge < -0.3 is 15.0 Å². The Morgan fingerprint density at radius 2 is 2.11 bits per heavy atom. The van der Waals surface area contributed by atoms with Crippen molar-refractivity contribution in [2.75, 3.05) is 30.4 Å². The lowest BCUT2D eigenvalue weighted by molar-refractivity contribution is -0.120. The van der Waals surface area contributed by atoms with Crippen LogP contribution in [0.5, 0.6) is 5.75 Å². The zero-order valence-corrected chi connectivity index (χ0v) is 16.0. The average molecular weight is 366 g/mol. The van der Waals surface area contributed by atoms with Crippen LogP contribution in [0.3, 0.4) is 0 Å². The van der Waals surface area contributed by atoms with Crippen LogP contribution in [-0.4, -0.2) is 36.1 Å². The molecular weight excluding hydrogens is 340 g/mol. The number of aryl methyl sites for hydroxylation is 2. The predicted molar refractivity (Wildman–Crippen MR) is 105 cm³/mol. The molecule has 1 saturated heterocycles. The summed E-state index contributed by atoms with van der Waals surface area (Å²) in [5.41, 5.74) is 4.05. The molecular formula is C21H26N4O2. The van der Waals surface area contributed by atoms with Gasteiger partial charge in [0, 0.05) is 36.6 Å². The van der Waals surface area contributed by atoms with Gasteiger partial charge in [-0.1, -0.05) is 0 Å². The van der Waals surface area contributed by atoms with E-state index >= 15 is 0 Å². The first kappa shape index (κ1) is 17.8. The number of fused-ring (bicyclic) bond motifs is 1. The van der Waals surface area contributed by atoms with Crippen molar-refractivity contribution in [3.05, 3.63) is 41.2 Å². The van der Waals surface area contributed by atoms with Crippen LogP contribution in [0.15, 0.2) is 24.4 Å². The molecule has 1 N–H and O–H groups in total. The zero-order valence-electron chi connectivity index (χ0n) is 16.0. The van der Waals surface area contributed by atoms with E-state index in [1.54, 1.807) is 7.11 Å². The van der Waals surface area contributed by atoms with Gasteiger partial charge in [0.1, 0.15) is 5.75 Å². The number of nitrogens with zero attached hydrogens (tertiary/aromatic N) is 3. The molecule has 6 heteroatoms. The summed E-state index contributed by atoms with van der Waals surface area (Å²) >= 11 is 0. The minimum atomic E-state index is -0.0414. The Morgan fingerprint density at radius 3 is 2.85 bits per heavy atom. The highest BCUT2D eigenvalue weighted by molar-refractivity contribution is 5.93. The highest BCUT2D eigenvalue weighted by Crippen LogP contribution is 2.28. The molecule has 6 nitrogen and oxygen atoms in total. The van der Waals surface area contributed by atoms with Gasteiger partial charge in [-0.25, -0.2) is 9.97 Å². The lowest BCUT2D eigenvalue weighted by Crippen LogP contribution is -2.29. The van der Waals surface area contributed by atoms with Gasteiger partial charge in [0.2, 0.25) is 11.9 Å². The van der Waals surface area contributed by atoms with Gasteiger partial charge in [0.15, 0.2) is 0 Å². The standard InChI is InChI=1S/C21H26N4O2/c1-14-11-17(27-2)6-8-18(14)23-20(26)15-5-7-19-16(12-15)13-22-21(24-19)25-9-3-4-10-25/h6,8,11,13,15H,3-5,7,9-10,12H2,1-2H3,(H,23,26)/t15-/m1/s1. The average Bonchev–Trinajstić information content (AvgIpc) is 3.23. The van der Waals surface area contributed by atoms with Gasteiger partial charge in [0.05, 0.1) is 7.11 Å². The molecule has 1 aliphatic heterocycles. The highest BCUT2D eigenvalue weighted by Gasteiger charge is 2.27. The molecule has 2 aromatic rings. The van der Waals surface area contributed by atoms with Gasteiger partial charge >= 0.3 is 0 Å². The lowest BCUT2D eigenvalue weighted by atomic mass is 9.86. The topological polar surface area (TPSA) is 67.3 Å². The summed E-state index contributed by atoms with van der Waals surface area (Å²) < 4.78 is 5.23. The van der Waals surface area contributed by atoms with Crippen molar-refractivity contribution in [1.82, 2.24) is 9.97 Å². The number of carbonyl (C=O) groups excluding carboxylic acids is 1. The van der Waals surface area contributed by atoms with E-state index in [2.05, 4.69) is 15.2 Å². The first-order valence-electron chi connectivity index (χ1n) is 9.69. The summed E-state index contributed by atoms with van der Waals surface area (Å²) in [6.07, 6.45) is 6.72. The molecule has 1 aliphatic carbocycles. The maximum Gasteiger partial charge on any atom is 0.227 e. The van der Waals surface area contributed by atoms with Crippen LogP contribution in [0.1, 0.15) is 36.1 Å². The van der Waals surface area contributed by atoms with Gasteiger partial charge in [-0.15, -0.1) is 0 Å². The SMILES string of the molecule is COc1ccc(NC(=O)[C@@H]2CCc3nc(N4CCCC4)ncc3C2)c(C)c1. The maximum atomic E-state index is 12.8. The van der Waals surface area contributed by atoms with Gasteiger partial charge in [-0.2, -0.15) is 0 Å². The van der Waals surface area contributed by atoms with Crippen LogP contribution in [-0.2, 0) is 17.6 Å². The quantitative estimate of drug-likeness (QED) is 0.900. The van der Waals surface area contributed by atoms with Crippen molar-refractivity contribution in [2.45, 2.75) is 39.0 Å². The molecule has 0 bridgehead atoms. The molecule has 0 spiro atoms. The van der Waals surface area contributed by atoms with Crippen LogP contribution in [0, 0.1) is 12.8 Å². The second-order valence-corrected chi connectivity index (χ2v) is 7.45. The fourth-order valence-corrected chi connectivity index (χ4v) is 3.93. The number of hydrogen-bond donors (Lipinski definition) is 1. The molecule has 1 fully saturated rings. The van der Waals surface area contributed by atoms with E-state index < -0.39 is 0 Å². The van der Waals surface area contributed by atoms with E-state index in [1.165, 1.54) is 12.8 Å². The van der Waals surface area contributed by atoms with Crippen molar-refractivity contribution in [3.8, 4) is 5.75 Å². The maximum absolute atomic E-state index is 12.8. The van der Waals surface area contributed by atoms with Crippen LogP contribution in [0.4, 0.5) is 11.6 Å². The first-order valence-corrected chi connectivity index (χ1v) is 9.69. The number of anilines is 2. The third kappa shape index (κ3) is 3.75. The van der Waals surface area contributed by atoms with Crippen LogP contribution < -0.4 is 15.0 Å². The summed E-state index contributed by atoms with van der Waals surface area (Å²) in [5, 5.41) is 3.07. The number of aromatic nitrogens is 2. The predicted octanol–water partition coefficient (Wildman–Crippen LogP) is 3.14. The van der Waals surface area contributed by atoms with E-state index in [0.29, 0.717) is 6.42 Å². The second kappa shape index (κ2) is 7.55. The monoisotopic (exact) mass is 366 g/mol. The number of amides is 1.